The lowest BCUT2D eigenvalue weighted by molar-refractivity contribution is 0.203. The van der Waals surface area contributed by atoms with E-state index in [1.807, 2.05) is 0 Å². The summed E-state index contributed by atoms with van der Waals surface area (Å²) in [5.41, 5.74) is 0. The van der Waals surface area contributed by atoms with E-state index in [9.17, 15) is 0 Å². The second-order valence-electron chi connectivity index (χ2n) is 4.87. The van der Waals surface area contributed by atoms with Crippen LogP contribution in [0.2, 0.25) is 0 Å². The van der Waals surface area contributed by atoms with Crippen molar-refractivity contribution < 1.29 is 0 Å². The van der Waals surface area contributed by atoms with Gasteiger partial charge in [-0.3, -0.25) is 4.90 Å². The monoisotopic (exact) mass is 260 g/mol. The molecule has 2 fully saturated rings. The van der Waals surface area contributed by atoms with Crippen molar-refractivity contribution in [3.05, 3.63) is 0 Å². The van der Waals surface area contributed by atoms with E-state index in [-0.39, 0.29) is 0 Å². The van der Waals surface area contributed by atoms with Gasteiger partial charge in [0.2, 0.25) is 0 Å². The molecule has 0 amide bonds. The Kier molecular flexibility index (Phi) is 5.33. The molecule has 2 heterocycles. The zero-order valence-electron chi connectivity index (χ0n) is 10.4. The first kappa shape index (κ1) is 13.1. The van der Waals surface area contributed by atoms with Crippen LogP contribution in [0.25, 0.3) is 0 Å². The lowest BCUT2D eigenvalue weighted by Crippen LogP contribution is -2.47. The molecule has 0 radical (unpaired) electrons. The molecule has 0 aliphatic carbocycles. The molecule has 94 valence electrons. The van der Waals surface area contributed by atoms with E-state index in [2.05, 4.69) is 47.6 Å². The van der Waals surface area contributed by atoms with Gasteiger partial charge < -0.3 is 5.32 Å². The molecular weight excluding hydrogens is 236 g/mol. The molecule has 0 aromatic carbocycles. The number of nitrogens with one attached hydrogen (secondary N) is 1. The predicted molar refractivity (Wildman–Crippen MR) is 76.7 cm³/mol. The number of hydrogen-bond donors (Lipinski definition) is 1. The molecule has 2 nitrogen and oxygen atoms in total. The Bertz CT molecular complexity index is 207. The molecule has 0 aromatic rings. The van der Waals surface area contributed by atoms with Crippen molar-refractivity contribution in [3.8, 4) is 0 Å². The first-order chi connectivity index (χ1) is 7.77. The molecule has 2 aliphatic heterocycles. The van der Waals surface area contributed by atoms with E-state index in [0.717, 1.165) is 17.3 Å². The van der Waals surface area contributed by atoms with Crippen molar-refractivity contribution in [2.75, 3.05) is 36.9 Å². The topological polar surface area (TPSA) is 15.3 Å². The van der Waals surface area contributed by atoms with E-state index in [4.69, 9.17) is 0 Å². The van der Waals surface area contributed by atoms with Gasteiger partial charge in [-0.15, -0.1) is 0 Å². The number of thioether (sulfide) groups is 2. The molecular formula is C12H24N2S2. The Morgan fingerprint density at radius 2 is 2.19 bits per heavy atom. The van der Waals surface area contributed by atoms with Gasteiger partial charge in [0.15, 0.2) is 0 Å². The van der Waals surface area contributed by atoms with Crippen molar-refractivity contribution in [2.45, 2.75) is 37.6 Å². The fraction of sp³-hybridized carbons (Fsp3) is 1.00. The second kappa shape index (κ2) is 6.53. The number of rotatable bonds is 3. The SMILES string of the molecule is CC1SCCN(CCC2CSCCN2)C1C. The van der Waals surface area contributed by atoms with Gasteiger partial charge in [-0.2, -0.15) is 23.5 Å². The van der Waals surface area contributed by atoms with Gasteiger partial charge in [0.05, 0.1) is 0 Å². The maximum atomic E-state index is 3.63. The lowest BCUT2D eigenvalue weighted by Gasteiger charge is -2.38. The van der Waals surface area contributed by atoms with Gasteiger partial charge in [-0.1, -0.05) is 6.92 Å². The van der Waals surface area contributed by atoms with E-state index in [1.54, 1.807) is 0 Å². The van der Waals surface area contributed by atoms with Crippen molar-refractivity contribution in [1.82, 2.24) is 10.2 Å². The summed E-state index contributed by atoms with van der Waals surface area (Å²) in [6, 6.07) is 1.52. The summed E-state index contributed by atoms with van der Waals surface area (Å²) in [5, 5.41) is 4.44. The molecule has 0 saturated carbocycles. The molecule has 4 heteroatoms. The average molecular weight is 260 g/mol. The van der Waals surface area contributed by atoms with E-state index >= 15 is 0 Å². The maximum Gasteiger partial charge on any atom is 0.0184 e. The Labute approximate surface area is 108 Å². The van der Waals surface area contributed by atoms with E-state index < -0.39 is 0 Å². The maximum absolute atomic E-state index is 3.63. The van der Waals surface area contributed by atoms with Crippen LogP contribution < -0.4 is 5.32 Å². The normalized spacial score (nSPS) is 37.5. The summed E-state index contributed by atoms with van der Waals surface area (Å²) < 4.78 is 0. The third kappa shape index (κ3) is 3.56. The minimum Gasteiger partial charge on any atom is -0.312 e. The van der Waals surface area contributed by atoms with Gasteiger partial charge >= 0.3 is 0 Å². The molecule has 2 aliphatic rings. The quantitative estimate of drug-likeness (QED) is 0.833. The van der Waals surface area contributed by atoms with Crippen LogP contribution in [0, 0.1) is 0 Å². The largest absolute Gasteiger partial charge is 0.312 e. The van der Waals surface area contributed by atoms with E-state index in [1.165, 1.54) is 43.3 Å². The van der Waals surface area contributed by atoms with Gasteiger partial charge in [-0.25, -0.2) is 0 Å². The smallest absolute Gasteiger partial charge is 0.0184 e. The minimum absolute atomic E-state index is 0.759. The Morgan fingerprint density at radius 3 is 2.94 bits per heavy atom. The highest BCUT2D eigenvalue weighted by Gasteiger charge is 2.25. The Balaban J connectivity index is 1.71. The number of nitrogens with zero attached hydrogens (tertiary/aromatic N) is 1. The summed E-state index contributed by atoms with van der Waals surface area (Å²) in [6.07, 6.45) is 1.33. The lowest BCUT2D eigenvalue weighted by atomic mass is 10.1. The van der Waals surface area contributed by atoms with Gasteiger partial charge in [0.1, 0.15) is 0 Å². The molecule has 16 heavy (non-hydrogen) atoms. The van der Waals surface area contributed by atoms with Crippen LogP contribution in [-0.4, -0.2) is 59.1 Å². The first-order valence-corrected chi connectivity index (χ1v) is 8.64. The molecule has 0 spiro atoms. The predicted octanol–water partition coefficient (Wildman–Crippen LogP) is 1.91. The average Bonchev–Trinajstić information content (AvgIpc) is 2.32. The van der Waals surface area contributed by atoms with Crippen LogP contribution in [0.15, 0.2) is 0 Å². The highest BCUT2D eigenvalue weighted by Crippen LogP contribution is 2.24. The standard InChI is InChI=1S/C12H24N2S2/c1-10-11(2)16-8-6-14(10)5-3-12-9-15-7-4-13-12/h10-13H,3-9H2,1-2H3. The summed E-state index contributed by atoms with van der Waals surface area (Å²) in [5.74, 6) is 3.93. The zero-order valence-corrected chi connectivity index (χ0v) is 12.1. The van der Waals surface area contributed by atoms with Crippen molar-refractivity contribution in [2.24, 2.45) is 0 Å². The van der Waals surface area contributed by atoms with Gasteiger partial charge in [0, 0.05) is 54.2 Å². The third-order valence-electron chi connectivity index (χ3n) is 3.78. The first-order valence-electron chi connectivity index (χ1n) is 6.44. The molecule has 2 saturated heterocycles. The summed E-state index contributed by atoms with van der Waals surface area (Å²) in [6.45, 7) is 8.54. The van der Waals surface area contributed by atoms with Crippen molar-refractivity contribution in [3.63, 3.8) is 0 Å². The highest BCUT2D eigenvalue weighted by molar-refractivity contribution is 8.00. The fourth-order valence-electron chi connectivity index (χ4n) is 2.44. The third-order valence-corrected chi connectivity index (χ3v) is 6.25. The van der Waals surface area contributed by atoms with Gasteiger partial charge in [0.25, 0.3) is 0 Å². The van der Waals surface area contributed by atoms with Crippen LogP contribution in [-0.2, 0) is 0 Å². The molecule has 2 rings (SSSR count). The van der Waals surface area contributed by atoms with Crippen molar-refractivity contribution >= 4 is 23.5 Å². The summed E-state index contributed by atoms with van der Waals surface area (Å²) in [4.78, 5) is 2.68. The highest BCUT2D eigenvalue weighted by atomic mass is 32.2. The van der Waals surface area contributed by atoms with Crippen LogP contribution in [0.4, 0.5) is 0 Å². The second-order valence-corrected chi connectivity index (χ2v) is 7.50. The Morgan fingerprint density at radius 1 is 1.31 bits per heavy atom. The fourth-order valence-corrected chi connectivity index (χ4v) is 4.60. The van der Waals surface area contributed by atoms with E-state index in [0.29, 0.717) is 0 Å². The molecule has 3 atom stereocenters. The zero-order chi connectivity index (χ0) is 11.4. The molecule has 3 unspecified atom stereocenters. The minimum atomic E-state index is 0.759. The molecule has 0 aromatic heterocycles. The summed E-state index contributed by atoms with van der Waals surface area (Å²) >= 11 is 4.24. The van der Waals surface area contributed by atoms with Crippen LogP contribution in [0.1, 0.15) is 20.3 Å². The van der Waals surface area contributed by atoms with Crippen molar-refractivity contribution in [1.29, 1.82) is 0 Å². The van der Waals surface area contributed by atoms with Crippen LogP contribution >= 0.6 is 23.5 Å². The Hall–Kier alpha value is 0.620. The number of hydrogen-bond acceptors (Lipinski definition) is 4. The molecule has 1 N–H and O–H groups in total. The summed E-state index contributed by atoms with van der Waals surface area (Å²) in [7, 11) is 0. The van der Waals surface area contributed by atoms with Gasteiger partial charge in [-0.05, 0) is 13.3 Å². The van der Waals surface area contributed by atoms with Crippen LogP contribution in [0.5, 0.6) is 0 Å². The molecule has 0 bridgehead atoms. The van der Waals surface area contributed by atoms with Crippen LogP contribution in [0.3, 0.4) is 0 Å².